The van der Waals surface area contributed by atoms with E-state index in [9.17, 15) is 14.4 Å². The predicted molar refractivity (Wildman–Crippen MR) is 129 cm³/mol. The second-order valence-corrected chi connectivity index (χ2v) is 13.0. The van der Waals surface area contributed by atoms with Crippen LogP contribution < -0.4 is 32.3 Å². The second-order valence-electron chi connectivity index (χ2n) is 8.14. The van der Waals surface area contributed by atoms with Gasteiger partial charge in [-0.1, -0.05) is 0 Å². The summed E-state index contributed by atoms with van der Waals surface area (Å²) in [5.74, 6) is -1.43. The molecule has 0 saturated carbocycles. The van der Waals surface area contributed by atoms with Crippen LogP contribution in [0.5, 0.6) is 0 Å². The summed E-state index contributed by atoms with van der Waals surface area (Å²) in [6.45, 7) is 5.92. The Kier molecular flexibility index (Phi) is 8.31. The number of benzene rings is 1. The molecule has 34 heavy (non-hydrogen) atoms. The van der Waals surface area contributed by atoms with Crippen LogP contribution in [0.3, 0.4) is 0 Å². The molecule has 3 amide bonds. The third-order valence-electron chi connectivity index (χ3n) is 4.36. The van der Waals surface area contributed by atoms with Crippen LogP contribution in [0.15, 0.2) is 35.3 Å². The van der Waals surface area contributed by atoms with Gasteiger partial charge in [0.15, 0.2) is 0 Å². The first kappa shape index (κ1) is 26.1. The van der Waals surface area contributed by atoms with Crippen molar-refractivity contribution in [3.8, 4) is 0 Å². The number of carbonyl (C=O) groups excluding carboxylic acids is 3. The minimum atomic E-state index is -0.750. The number of fused-ring (bicyclic) bond motifs is 1. The molecular weight excluding hydrogens is 593 g/mol. The van der Waals surface area contributed by atoms with E-state index in [4.69, 9.17) is 27.5 Å². The summed E-state index contributed by atoms with van der Waals surface area (Å²) in [4.78, 5) is 44.0. The molecule has 0 radical (unpaired) electrons. The molecule has 2 heterocycles. The topological polar surface area (TPSA) is 138 Å². The van der Waals surface area contributed by atoms with Crippen LogP contribution in [0.25, 0.3) is 0 Å². The van der Waals surface area contributed by atoms with Gasteiger partial charge in [0.25, 0.3) is 0 Å². The molecule has 1 aliphatic heterocycles. The van der Waals surface area contributed by atoms with Gasteiger partial charge in [0.2, 0.25) is 0 Å². The standard InChI is InChI=1S/C22H24ClIN5O4S/c1-22(2,3)33-21(26)27-10-9-24-16(25)11-29-19(31)12-5-4-6-13(17(12)20(29)32)28-18(30)14-7-8-15(23)34-14/h4-8,25H,9-11H2,1-3H3,(H2,26,27)(H,28,30)/q-1. The summed E-state index contributed by atoms with van der Waals surface area (Å²) in [5, 5.41) is 11.0. The molecule has 3 rings (SSSR count). The summed E-state index contributed by atoms with van der Waals surface area (Å²) in [7, 11) is 0. The number of ether oxygens (including phenoxy) is 1. The van der Waals surface area contributed by atoms with Gasteiger partial charge in [-0.05, 0) is 0 Å². The van der Waals surface area contributed by atoms with Crippen LogP contribution in [0, 0.1) is 5.41 Å². The molecule has 0 unspecified atom stereocenters. The summed E-state index contributed by atoms with van der Waals surface area (Å²) in [6, 6.07) is 8.01. The average Bonchev–Trinajstić information content (AvgIpc) is 3.28. The number of thiophene rings is 1. The first-order valence-corrected chi connectivity index (χ1v) is 14.0. The average molecular weight is 617 g/mol. The third kappa shape index (κ3) is 6.54. The van der Waals surface area contributed by atoms with E-state index in [0.717, 1.165) is 16.2 Å². The van der Waals surface area contributed by atoms with Crippen molar-refractivity contribution >= 4 is 56.1 Å². The Morgan fingerprint density at radius 2 is 2.00 bits per heavy atom. The molecule has 0 spiro atoms. The molecule has 1 aliphatic rings. The van der Waals surface area contributed by atoms with Gasteiger partial charge in [0.1, 0.15) is 0 Å². The molecule has 4 N–H and O–H groups in total. The third-order valence-corrected chi connectivity index (χ3v) is 7.87. The minimum absolute atomic E-state index is 0.0920. The maximum atomic E-state index is 13.0. The zero-order valence-electron chi connectivity index (χ0n) is 18.8. The van der Waals surface area contributed by atoms with Gasteiger partial charge in [-0.15, -0.1) is 0 Å². The molecule has 12 heteroatoms. The number of alkyl halides is 1. The maximum absolute atomic E-state index is 13.0. The number of hydrogen-bond donors (Lipinski definition) is 3. The van der Waals surface area contributed by atoms with Crippen LogP contribution in [-0.4, -0.2) is 55.5 Å². The number of amides is 3. The van der Waals surface area contributed by atoms with Gasteiger partial charge < -0.3 is 0 Å². The first-order valence-electron chi connectivity index (χ1n) is 10.2. The van der Waals surface area contributed by atoms with Gasteiger partial charge in [0.05, 0.1) is 0 Å². The number of amidine groups is 1. The SMILES string of the molecule is CC(C)(C)OC(N)=NCC[I-]C(=N)CN1C(=O)c2cccc(NC(=O)c3ccc(Cl)s3)c2C1=O. The van der Waals surface area contributed by atoms with Crippen molar-refractivity contribution in [1.29, 1.82) is 5.41 Å². The number of nitrogens with zero attached hydrogens (tertiary/aromatic N) is 2. The van der Waals surface area contributed by atoms with E-state index >= 15 is 0 Å². The molecule has 0 atom stereocenters. The van der Waals surface area contributed by atoms with E-state index in [0.29, 0.717) is 23.9 Å². The fourth-order valence-electron chi connectivity index (χ4n) is 3.04. The van der Waals surface area contributed by atoms with Crippen LogP contribution >= 0.6 is 22.9 Å². The molecule has 1 aromatic carbocycles. The molecule has 0 bridgehead atoms. The molecule has 0 fully saturated rings. The normalized spacial score (nSPS) is 13.9. The Labute approximate surface area is 216 Å². The van der Waals surface area contributed by atoms with Gasteiger partial charge >= 0.3 is 217 Å². The van der Waals surface area contributed by atoms with Gasteiger partial charge in [0, 0.05) is 0 Å². The number of imide groups is 1. The first-order chi connectivity index (χ1) is 16.0. The Hall–Kier alpha value is -2.51. The van der Waals surface area contributed by atoms with Crippen molar-refractivity contribution in [1.82, 2.24) is 4.90 Å². The molecule has 0 aliphatic carbocycles. The zero-order valence-corrected chi connectivity index (χ0v) is 22.5. The summed E-state index contributed by atoms with van der Waals surface area (Å²) in [5.41, 5.74) is 5.88. The number of nitrogens with one attached hydrogen (secondary N) is 2. The van der Waals surface area contributed by atoms with Gasteiger partial charge in [-0.2, -0.15) is 0 Å². The van der Waals surface area contributed by atoms with E-state index in [1.165, 1.54) is 0 Å². The number of carbonyl (C=O) groups is 3. The molecule has 0 saturated heterocycles. The van der Waals surface area contributed by atoms with Crippen molar-refractivity contribution in [2.45, 2.75) is 26.4 Å². The van der Waals surface area contributed by atoms with Crippen LogP contribution in [0.1, 0.15) is 51.2 Å². The van der Waals surface area contributed by atoms with E-state index in [1.54, 1.807) is 30.3 Å². The van der Waals surface area contributed by atoms with Crippen molar-refractivity contribution in [3.05, 3.63) is 50.7 Å². The van der Waals surface area contributed by atoms with Crippen molar-refractivity contribution in [2.24, 2.45) is 10.7 Å². The van der Waals surface area contributed by atoms with Crippen LogP contribution in [0.4, 0.5) is 5.69 Å². The number of halogens is 2. The molecular formula is C22H24ClIN5O4S-. The molecule has 1 aromatic heterocycles. The van der Waals surface area contributed by atoms with E-state index in [1.807, 2.05) is 20.8 Å². The Bertz CT molecular complexity index is 1170. The Balaban J connectivity index is 1.61. The second kappa shape index (κ2) is 10.8. The van der Waals surface area contributed by atoms with Crippen LogP contribution in [0.2, 0.25) is 4.34 Å². The van der Waals surface area contributed by atoms with Crippen molar-refractivity contribution < 1.29 is 40.3 Å². The predicted octanol–water partition coefficient (Wildman–Crippen LogP) is 0.446. The van der Waals surface area contributed by atoms with Crippen molar-refractivity contribution in [2.75, 3.05) is 22.8 Å². The number of nitrogens with two attached hydrogens (primary N) is 1. The Morgan fingerprint density at radius 1 is 1.26 bits per heavy atom. The quantitative estimate of drug-likeness (QED) is 0.0988. The van der Waals surface area contributed by atoms with E-state index in [2.05, 4.69) is 10.3 Å². The molecule has 9 nitrogen and oxygen atoms in total. The van der Waals surface area contributed by atoms with E-state index in [-0.39, 0.29) is 29.4 Å². The number of aliphatic imine (C=N–C) groups is 1. The number of anilines is 1. The number of rotatable bonds is 8. The van der Waals surface area contributed by atoms with Crippen molar-refractivity contribution in [3.63, 3.8) is 0 Å². The molecule has 182 valence electrons. The fraction of sp³-hybridized carbons (Fsp3) is 0.318. The number of hydrogen-bond acceptors (Lipinski definition) is 7. The molecule has 2 aromatic rings. The summed E-state index contributed by atoms with van der Waals surface area (Å²) < 4.78 is 6.85. The van der Waals surface area contributed by atoms with E-state index < -0.39 is 44.5 Å². The summed E-state index contributed by atoms with van der Waals surface area (Å²) in [6.07, 6.45) is 0. The summed E-state index contributed by atoms with van der Waals surface area (Å²) >= 11 is 6.26. The monoisotopic (exact) mass is 616 g/mol. The van der Waals surface area contributed by atoms with Crippen LogP contribution in [-0.2, 0) is 4.74 Å². The van der Waals surface area contributed by atoms with Gasteiger partial charge in [-0.3, -0.25) is 0 Å². The fourth-order valence-corrected chi connectivity index (χ4v) is 5.69. The Morgan fingerprint density at radius 3 is 2.65 bits per heavy atom. The van der Waals surface area contributed by atoms with Gasteiger partial charge in [-0.25, -0.2) is 0 Å². The zero-order chi connectivity index (χ0) is 25.0.